The molecular formula is C40H37ClF4N10O4S. The van der Waals surface area contributed by atoms with Crippen LogP contribution in [-0.2, 0) is 34.8 Å². The number of carbonyl (C=O) groups excluding carboxylic acids is 1. The molecule has 0 saturated heterocycles. The number of halogens is 5. The summed E-state index contributed by atoms with van der Waals surface area (Å²) < 4.78 is 89.4. The lowest BCUT2D eigenvalue weighted by Crippen LogP contribution is -2.39. The first-order valence-electron chi connectivity index (χ1n) is 18.7. The van der Waals surface area contributed by atoms with Crippen LogP contribution in [0.1, 0.15) is 61.8 Å². The van der Waals surface area contributed by atoms with Crippen LogP contribution in [0.25, 0.3) is 38.8 Å². The van der Waals surface area contributed by atoms with Crippen molar-refractivity contribution in [2.75, 3.05) is 11.0 Å². The molecule has 1 aliphatic carbocycles. The summed E-state index contributed by atoms with van der Waals surface area (Å²) in [5.74, 6) is -5.23. The van der Waals surface area contributed by atoms with Crippen molar-refractivity contribution in [3.63, 3.8) is 0 Å². The first-order valence-corrected chi connectivity index (χ1v) is 21.0. The molecule has 0 aliphatic heterocycles. The smallest absolute Gasteiger partial charge is 0.266 e. The van der Waals surface area contributed by atoms with Gasteiger partial charge in [-0.1, -0.05) is 17.7 Å². The molecule has 2 N–H and O–H groups in total. The van der Waals surface area contributed by atoms with Crippen LogP contribution in [0, 0.1) is 11.6 Å². The number of nitrogens with zero attached hydrogens (tertiary/aromatic N) is 8. The Hall–Kier alpha value is -6.08. The predicted molar refractivity (Wildman–Crippen MR) is 217 cm³/mol. The van der Waals surface area contributed by atoms with Gasteiger partial charge >= 0.3 is 0 Å². The van der Waals surface area contributed by atoms with Crippen LogP contribution < -0.4 is 15.6 Å². The van der Waals surface area contributed by atoms with E-state index in [1.807, 2.05) is 6.07 Å². The molecule has 1 amide bonds. The number of aromatic nitrogens is 8. The molecule has 3 aromatic carbocycles. The highest BCUT2D eigenvalue weighted by Gasteiger charge is 2.31. The van der Waals surface area contributed by atoms with Crippen LogP contribution in [0.4, 0.5) is 23.4 Å². The SMILES string of the molecule is C[C@@H](C(=O)N[C@@H](Cc1cc(F)cc(F)c1)c1nc2cc(-c3ccn(CC(C)(F)F)n3)ccc2c(=O)n1-c1ccc(Cl)c2c(NS(C)(=O)=O)nn(C)c12)n1ccc(C2CC2)n1. The summed E-state index contributed by atoms with van der Waals surface area (Å²) in [4.78, 5) is 34.2. The number of fused-ring (bicyclic) bond motifs is 2. The van der Waals surface area contributed by atoms with Crippen molar-refractivity contribution in [3.8, 4) is 16.9 Å². The lowest BCUT2D eigenvalue weighted by Gasteiger charge is -2.25. The van der Waals surface area contributed by atoms with E-state index >= 15 is 4.79 Å². The van der Waals surface area contributed by atoms with Crippen molar-refractivity contribution in [3.05, 3.63) is 117 Å². The van der Waals surface area contributed by atoms with Gasteiger partial charge in [0.15, 0.2) is 5.82 Å². The zero-order valence-electron chi connectivity index (χ0n) is 32.5. The van der Waals surface area contributed by atoms with E-state index in [4.69, 9.17) is 16.6 Å². The first kappa shape index (κ1) is 40.7. The molecule has 1 saturated carbocycles. The van der Waals surface area contributed by atoms with Crippen LogP contribution in [-0.4, -0.2) is 65.4 Å². The Labute approximate surface area is 344 Å². The van der Waals surface area contributed by atoms with Crippen LogP contribution in [0.2, 0.25) is 5.02 Å². The van der Waals surface area contributed by atoms with Crippen molar-refractivity contribution >= 4 is 55.2 Å². The third-order valence-electron chi connectivity index (χ3n) is 10.1. The molecule has 4 heterocycles. The number of nitrogens with one attached hydrogen (secondary N) is 2. The van der Waals surface area contributed by atoms with Gasteiger partial charge in [0.25, 0.3) is 11.5 Å². The van der Waals surface area contributed by atoms with Gasteiger partial charge in [0, 0.05) is 50.3 Å². The third-order valence-corrected chi connectivity index (χ3v) is 11.0. The highest BCUT2D eigenvalue weighted by atomic mass is 35.5. The summed E-state index contributed by atoms with van der Waals surface area (Å²) in [6.45, 7) is 1.74. The van der Waals surface area contributed by atoms with E-state index in [2.05, 4.69) is 25.3 Å². The number of anilines is 1. The van der Waals surface area contributed by atoms with Gasteiger partial charge < -0.3 is 5.32 Å². The second-order valence-corrected chi connectivity index (χ2v) is 17.3. The number of carbonyl (C=O) groups is 1. The summed E-state index contributed by atoms with van der Waals surface area (Å²) in [6, 6.07) is 11.7. The second kappa shape index (κ2) is 15.2. The number of hydrogen-bond donors (Lipinski definition) is 2. The number of sulfonamides is 1. The largest absolute Gasteiger partial charge is 0.344 e. The molecule has 14 nitrogen and oxygen atoms in total. The fourth-order valence-electron chi connectivity index (χ4n) is 7.25. The van der Waals surface area contributed by atoms with Gasteiger partial charge in [-0.2, -0.15) is 15.3 Å². The van der Waals surface area contributed by atoms with Gasteiger partial charge in [-0.25, -0.2) is 31.0 Å². The average molecular weight is 865 g/mol. The van der Waals surface area contributed by atoms with Crippen LogP contribution in [0.15, 0.2) is 77.9 Å². The standard InChI is InChI=1S/C40H37ClF4N10O4S/c1-21(54-14-12-29(49-54)23-5-6-23)38(56)47-32(17-22-15-25(42)19-26(43)16-22)37-46-31-18-24(30-11-13-53(48-30)20-40(2,44)45)7-8-27(31)39(57)55(37)33-10-9-28(41)34-35(33)52(3)50-36(34)51-60(4,58)59/h7-16,18-19,21,23,32H,5-6,17,20H2,1-4H3,(H,47,56)(H,50,51)/t21-,32-/m0/s1. The minimum Gasteiger partial charge on any atom is -0.344 e. The minimum absolute atomic E-state index is 0.0844. The molecule has 1 fully saturated rings. The summed E-state index contributed by atoms with van der Waals surface area (Å²) >= 11 is 6.66. The maximum Gasteiger partial charge on any atom is 0.266 e. The maximum absolute atomic E-state index is 15.0. The molecule has 1 aliphatic rings. The van der Waals surface area contributed by atoms with E-state index in [-0.39, 0.29) is 56.1 Å². The fraction of sp³-hybridized carbons (Fsp3) is 0.300. The minimum atomic E-state index is -3.85. The van der Waals surface area contributed by atoms with Crippen molar-refractivity contribution in [2.24, 2.45) is 7.05 Å². The number of amides is 1. The molecule has 20 heteroatoms. The quantitative estimate of drug-likeness (QED) is 0.119. The molecule has 0 spiro atoms. The average Bonchev–Trinajstić information content (AvgIpc) is 3.54. The Balaban J connectivity index is 1.35. The molecule has 0 unspecified atom stereocenters. The lowest BCUT2D eigenvalue weighted by molar-refractivity contribution is -0.125. The maximum atomic E-state index is 15.0. The molecule has 4 aromatic heterocycles. The lowest BCUT2D eigenvalue weighted by atomic mass is 10.0. The second-order valence-electron chi connectivity index (χ2n) is 15.2. The van der Waals surface area contributed by atoms with Gasteiger partial charge in [-0.3, -0.25) is 32.9 Å². The number of benzene rings is 3. The van der Waals surface area contributed by atoms with Crippen LogP contribution in [0.5, 0.6) is 0 Å². The fourth-order valence-corrected chi connectivity index (χ4v) is 7.99. The normalized spacial score (nSPS) is 14.5. The number of hydrogen-bond acceptors (Lipinski definition) is 8. The predicted octanol–water partition coefficient (Wildman–Crippen LogP) is 6.83. The number of rotatable bonds is 13. The molecular weight excluding hydrogens is 828 g/mol. The molecule has 0 bridgehead atoms. The van der Waals surface area contributed by atoms with Crippen molar-refractivity contribution in [2.45, 2.75) is 63.6 Å². The van der Waals surface area contributed by atoms with E-state index in [0.29, 0.717) is 23.2 Å². The summed E-state index contributed by atoms with van der Waals surface area (Å²) in [5.41, 5.74) is 1.51. The Morgan fingerprint density at radius 3 is 2.42 bits per heavy atom. The molecule has 0 radical (unpaired) electrons. The molecule has 2 atom stereocenters. The number of alkyl halides is 2. The van der Waals surface area contributed by atoms with Gasteiger partial charge in [0.2, 0.25) is 15.9 Å². The summed E-state index contributed by atoms with van der Waals surface area (Å²) in [7, 11) is -2.34. The number of aryl methyl sites for hydroxylation is 1. The van der Waals surface area contributed by atoms with E-state index in [1.165, 1.54) is 51.4 Å². The Bertz CT molecular complexity index is 2990. The van der Waals surface area contributed by atoms with E-state index in [0.717, 1.165) is 48.5 Å². The van der Waals surface area contributed by atoms with E-state index in [9.17, 15) is 30.8 Å². The van der Waals surface area contributed by atoms with Crippen molar-refractivity contribution in [1.82, 2.24) is 44.2 Å². The monoisotopic (exact) mass is 864 g/mol. The molecule has 8 rings (SSSR count). The van der Waals surface area contributed by atoms with E-state index in [1.54, 1.807) is 25.3 Å². The molecule has 312 valence electrons. The summed E-state index contributed by atoms with van der Waals surface area (Å²) in [6.07, 6.45) is 5.76. The first-order chi connectivity index (χ1) is 28.3. The van der Waals surface area contributed by atoms with Gasteiger partial charge in [-0.15, -0.1) is 0 Å². The zero-order chi connectivity index (χ0) is 42.8. The molecule has 60 heavy (non-hydrogen) atoms. The topological polar surface area (TPSA) is 164 Å². The Morgan fingerprint density at radius 2 is 1.73 bits per heavy atom. The van der Waals surface area contributed by atoms with Gasteiger partial charge in [0.05, 0.1) is 56.2 Å². The van der Waals surface area contributed by atoms with Crippen molar-refractivity contribution < 1.29 is 30.8 Å². The Morgan fingerprint density at radius 1 is 1.00 bits per heavy atom. The van der Waals surface area contributed by atoms with Crippen molar-refractivity contribution in [1.29, 1.82) is 0 Å². The third kappa shape index (κ3) is 8.36. The highest BCUT2D eigenvalue weighted by Crippen LogP contribution is 2.39. The zero-order valence-corrected chi connectivity index (χ0v) is 34.1. The van der Waals surface area contributed by atoms with Gasteiger partial charge in [0.1, 0.15) is 30.0 Å². The van der Waals surface area contributed by atoms with Crippen LogP contribution >= 0.6 is 11.6 Å². The van der Waals surface area contributed by atoms with Crippen LogP contribution in [0.3, 0.4) is 0 Å². The Kier molecular flexibility index (Phi) is 10.3. The molecule has 7 aromatic rings. The van der Waals surface area contributed by atoms with Gasteiger partial charge in [-0.05, 0) is 73.9 Å². The summed E-state index contributed by atoms with van der Waals surface area (Å²) in [5, 5.41) is 16.5. The van der Waals surface area contributed by atoms with E-state index < -0.39 is 57.7 Å². The highest BCUT2D eigenvalue weighted by molar-refractivity contribution is 7.92.